The maximum atomic E-state index is 13.1. The van der Waals surface area contributed by atoms with E-state index in [9.17, 15) is 13.6 Å². The summed E-state index contributed by atoms with van der Waals surface area (Å²) in [5, 5.41) is 3.85. The molecule has 0 radical (unpaired) electrons. The van der Waals surface area contributed by atoms with E-state index in [2.05, 4.69) is 10.3 Å². The number of benzene rings is 1. The average Bonchev–Trinajstić information content (AvgIpc) is 2.96. The van der Waals surface area contributed by atoms with E-state index in [0.29, 0.717) is 6.54 Å². The van der Waals surface area contributed by atoms with Gasteiger partial charge in [0.1, 0.15) is 0 Å². The third-order valence-electron chi connectivity index (χ3n) is 3.92. The minimum absolute atomic E-state index is 0.133. The van der Waals surface area contributed by atoms with E-state index in [1.165, 1.54) is 29.5 Å². The van der Waals surface area contributed by atoms with Crippen LogP contribution in [0.1, 0.15) is 45.2 Å². The zero-order valence-electron chi connectivity index (χ0n) is 12.7. The Morgan fingerprint density at radius 1 is 1.22 bits per heavy atom. The number of amides is 1. The largest absolute Gasteiger partial charge is 0.352 e. The molecule has 6 heteroatoms. The third kappa shape index (κ3) is 3.93. The molecular formula is C17H18F2N2OS. The van der Waals surface area contributed by atoms with Crippen molar-refractivity contribution in [1.82, 2.24) is 10.3 Å². The monoisotopic (exact) mass is 336 g/mol. The molecule has 0 saturated heterocycles. The first-order valence-electron chi connectivity index (χ1n) is 7.84. The highest BCUT2D eigenvalue weighted by molar-refractivity contribution is 7.11. The minimum Gasteiger partial charge on any atom is -0.352 e. The molecule has 1 N–H and O–H groups in total. The van der Waals surface area contributed by atoms with Crippen LogP contribution in [0.4, 0.5) is 8.78 Å². The Balaban J connectivity index is 1.46. The van der Waals surface area contributed by atoms with Crippen LogP contribution >= 0.6 is 11.3 Å². The molecule has 2 aromatic rings. The number of thiazole rings is 1. The van der Waals surface area contributed by atoms with E-state index in [4.69, 9.17) is 0 Å². The summed E-state index contributed by atoms with van der Waals surface area (Å²) in [4.78, 5) is 17.9. The number of rotatable bonds is 5. The molecule has 1 amide bonds. The van der Waals surface area contributed by atoms with Gasteiger partial charge in [0.05, 0.1) is 10.7 Å². The number of aryl methyl sites for hydroxylation is 3. The van der Waals surface area contributed by atoms with Crippen LogP contribution in [0, 0.1) is 11.6 Å². The lowest BCUT2D eigenvalue weighted by molar-refractivity contribution is 0.0952. The molecule has 0 unspecified atom stereocenters. The Labute approximate surface area is 137 Å². The van der Waals surface area contributed by atoms with Gasteiger partial charge in [-0.25, -0.2) is 13.8 Å². The summed E-state index contributed by atoms with van der Waals surface area (Å²) in [7, 11) is 0. The third-order valence-corrected chi connectivity index (χ3v) is 5.14. The maximum Gasteiger partial charge on any atom is 0.251 e. The van der Waals surface area contributed by atoms with Crippen molar-refractivity contribution >= 4 is 17.2 Å². The van der Waals surface area contributed by atoms with Crippen molar-refractivity contribution in [3.8, 4) is 0 Å². The molecule has 0 bridgehead atoms. The van der Waals surface area contributed by atoms with Gasteiger partial charge >= 0.3 is 0 Å². The van der Waals surface area contributed by atoms with Crippen LogP contribution in [0.15, 0.2) is 18.2 Å². The van der Waals surface area contributed by atoms with Crippen molar-refractivity contribution in [1.29, 1.82) is 0 Å². The predicted molar refractivity (Wildman–Crippen MR) is 85.8 cm³/mol. The Morgan fingerprint density at radius 2 is 2.04 bits per heavy atom. The first-order chi connectivity index (χ1) is 11.1. The van der Waals surface area contributed by atoms with Gasteiger partial charge in [-0.3, -0.25) is 4.79 Å². The zero-order valence-corrected chi connectivity index (χ0v) is 13.5. The van der Waals surface area contributed by atoms with Crippen LogP contribution in [0.25, 0.3) is 0 Å². The molecule has 0 fully saturated rings. The second-order valence-electron chi connectivity index (χ2n) is 5.67. The van der Waals surface area contributed by atoms with Crippen molar-refractivity contribution in [3.63, 3.8) is 0 Å². The number of halogens is 2. The van der Waals surface area contributed by atoms with Crippen LogP contribution in [-0.4, -0.2) is 17.4 Å². The Kier molecular flexibility index (Phi) is 5.00. The summed E-state index contributed by atoms with van der Waals surface area (Å²) in [5.74, 6) is -2.34. The maximum absolute atomic E-state index is 13.1. The van der Waals surface area contributed by atoms with Gasteiger partial charge in [0.15, 0.2) is 11.6 Å². The zero-order chi connectivity index (χ0) is 16.2. The predicted octanol–water partition coefficient (Wildman–Crippen LogP) is 3.66. The number of hydrogen-bond acceptors (Lipinski definition) is 3. The lowest BCUT2D eigenvalue weighted by atomic mass is 10.0. The van der Waals surface area contributed by atoms with Gasteiger partial charge < -0.3 is 5.32 Å². The van der Waals surface area contributed by atoms with E-state index < -0.39 is 11.6 Å². The fourth-order valence-electron chi connectivity index (χ4n) is 2.69. The summed E-state index contributed by atoms with van der Waals surface area (Å²) in [6.07, 6.45) is 6.30. The van der Waals surface area contributed by atoms with E-state index in [1.807, 2.05) is 0 Å². The lowest BCUT2D eigenvalue weighted by Crippen LogP contribution is -2.24. The van der Waals surface area contributed by atoms with Crippen LogP contribution in [0.2, 0.25) is 0 Å². The molecule has 3 rings (SSSR count). The topological polar surface area (TPSA) is 42.0 Å². The van der Waals surface area contributed by atoms with Gasteiger partial charge in [-0.2, -0.15) is 0 Å². The van der Waals surface area contributed by atoms with Gasteiger partial charge in [-0.15, -0.1) is 11.3 Å². The van der Waals surface area contributed by atoms with Gasteiger partial charge in [0.25, 0.3) is 5.91 Å². The number of hydrogen-bond donors (Lipinski definition) is 1. The number of nitrogens with zero attached hydrogens (tertiary/aromatic N) is 1. The van der Waals surface area contributed by atoms with Crippen LogP contribution in [0.3, 0.4) is 0 Å². The lowest BCUT2D eigenvalue weighted by Gasteiger charge is -2.06. The van der Waals surface area contributed by atoms with Crippen molar-refractivity contribution in [2.75, 3.05) is 6.54 Å². The van der Waals surface area contributed by atoms with E-state index in [1.54, 1.807) is 11.3 Å². The number of carbonyl (C=O) groups excluding carboxylic acids is 1. The molecule has 3 nitrogen and oxygen atoms in total. The van der Waals surface area contributed by atoms with E-state index in [-0.39, 0.29) is 11.5 Å². The van der Waals surface area contributed by atoms with E-state index in [0.717, 1.165) is 42.8 Å². The molecule has 23 heavy (non-hydrogen) atoms. The highest BCUT2D eigenvalue weighted by Gasteiger charge is 2.15. The summed E-state index contributed by atoms with van der Waals surface area (Å²) in [6, 6.07) is 3.16. The average molecular weight is 336 g/mol. The summed E-state index contributed by atoms with van der Waals surface area (Å²) in [6.45, 7) is 0.488. The molecule has 0 spiro atoms. The fourth-order valence-corrected chi connectivity index (χ4v) is 3.89. The second kappa shape index (κ2) is 7.17. The van der Waals surface area contributed by atoms with Crippen molar-refractivity contribution < 1.29 is 13.6 Å². The molecule has 0 atom stereocenters. The fraction of sp³-hybridized carbons (Fsp3) is 0.412. The molecule has 1 aliphatic carbocycles. The SMILES string of the molecule is O=C(NCCCc1nc2c(s1)CCCC2)c1ccc(F)c(F)c1. The molecule has 122 valence electrons. The normalized spacial score (nSPS) is 13.7. The van der Waals surface area contributed by atoms with Crippen molar-refractivity contribution in [2.24, 2.45) is 0 Å². The van der Waals surface area contributed by atoms with Gasteiger partial charge in [-0.05, 0) is 50.3 Å². The first kappa shape index (κ1) is 16.1. The highest BCUT2D eigenvalue weighted by Crippen LogP contribution is 2.27. The molecule has 1 aliphatic rings. The Bertz CT molecular complexity index is 691. The Morgan fingerprint density at radius 3 is 2.83 bits per heavy atom. The molecule has 1 aromatic heterocycles. The smallest absolute Gasteiger partial charge is 0.251 e. The molecular weight excluding hydrogens is 318 g/mol. The second-order valence-corrected chi connectivity index (χ2v) is 6.84. The number of aromatic nitrogens is 1. The van der Waals surface area contributed by atoms with Gasteiger partial charge in [0.2, 0.25) is 0 Å². The number of carbonyl (C=O) groups is 1. The summed E-state index contributed by atoms with van der Waals surface area (Å²) < 4.78 is 25.9. The Hall–Kier alpha value is -1.82. The first-order valence-corrected chi connectivity index (χ1v) is 8.66. The summed E-state index contributed by atoms with van der Waals surface area (Å²) in [5.41, 5.74) is 1.38. The molecule has 1 heterocycles. The van der Waals surface area contributed by atoms with Crippen LogP contribution in [-0.2, 0) is 19.3 Å². The molecule has 0 aliphatic heterocycles. The van der Waals surface area contributed by atoms with Crippen molar-refractivity contribution in [3.05, 3.63) is 51.0 Å². The van der Waals surface area contributed by atoms with Gasteiger partial charge in [0, 0.05) is 23.4 Å². The quantitative estimate of drug-likeness (QED) is 0.847. The van der Waals surface area contributed by atoms with Crippen LogP contribution < -0.4 is 5.32 Å². The standard InChI is InChI=1S/C17H18F2N2OS/c18-12-8-7-11(10-13(12)19)17(22)20-9-3-6-16-21-14-4-1-2-5-15(14)23-16/h7-8,10H,1-6,9H2,(H,20,22). The van der Waals surface area contributed by atoms with Gasteiger partial charge in [-0.1, -0.05) is 0 Å². The highest BCUT2D eigenvalue weighted by atomic mass is 32.1. The molecule has 1 aromatic carbocycles. The van der Waals surface area contributed by atoms with Crippen LogP contribution in [0.5, 0.6) is 0 Å². The van der Waals surface area contributed by atoms with E-state index >= 15 is 0 Å². The number of fused-ring (bicyclic) bond motifs is 1. The molecule has 0 saturated carbocycles. The minimum atomic E-state index is -1.01. The summed E-state index contributed by atoms with van der Waals surface area (Å²) >= 11 is 1.78. The van der Waals surface area contributed by atoms with Crippen molar-refractivity contribution in [2.45, 2.75) is 38.5 Å². The number of nitrogens with one attached hydrogen (secondary N) is 1.